The molecule has 290 valence electrons. The van der Waals surface area contributed by atoms with E-state index < -0.39 is 39.5 Å². The average Bonchev–Trinajstić information content (AvgIpc) is 3.58. The molecule has 3 aromatic carbocycles. The van der Waals surface area contributed by atoms with E-state index in [2.05, 4.69) is 14.9 Å². The van der Waals surface area contributed by atoms with Crippen LogP contribution in [0, 0.1) is 6.92 Å². The number of hydrogen-bond acceptors (Lipinski definition) is 10. The minimum atomic E-state index is -4.06. The van der Waals surface area contributed by atoms with Crippen molar-refractivity contribution in [3.63, 3.8) is 0 Å². The van der Waals surface area contributed by atoms with Gasteiger partial charge in [-0.25, -0.2) is 22.7 Å². The number of rotatable bonds is 13. The number of carbonyl (C=O) groups is 3. The molecule has 5 rings (SSSR count). The van der Waals surface area contributed by atoms with Gasteiger partial charge in [0.2, 0.25) is 10.0 Å². The number of likely N-dealkylation sites (tertiary alicyclic amines) is 1. The highest BCUT2D eigenvalue weighted by Crippen LogP contribution is 2.38. The fraction of sp³-hybridized carbons (Fsp3) is 0.425. The molecule has 1 fully saturated rings. The van der Waals surface area contributed by atoms with Gasteiger partial charge >= 0.3 is 12.2 Å². The van der Waals surface area contributed by atoms with Crippen LogP contribution in [0.4, 0.5) is 9.59 Å². The van der Waals surface area contributed by atoms with E-state index in [4.69, 9.17) is 18.9 Å². The molecule has 2 amide bonds. The third-order valence-corrected chi connectivity index (χ3v) is 10.4. The van der Waals surface area contributed by atoms with E-state index in [1.165, 1.54) is 0 Å². The molecule has 54 heavy (non-hydrogen) atoms. The Morgan fingerprint density at radius 3 is 2.39 bits per heavy atom. The molecule has 0 unspecified atom stereocenters. The zero-order valence-electron chi connectivity index (χ0n) is 31.7. The Labute approximate surface area is 316 Å². The smallest absolute Gasteiger partial charge is 0.419 e. The average molecular weight is 763 g/mol. The Kier molecular flexibility index (Phi) is 13.0. The zero-order valence-corrected chi connectivity index (χ0v) is 32.5. The van der Waals surface area contributed by atoms with Crippen LogP contribution in [0.3, 0.4) is 0 Å². The predicted octanol–water partition coefficient (Wildman–Crippen LogP) is 6.47. The van der Waals surface area contributed by atoms with Crippen molar-refractivity contribution in [3.05, 3.63) is 101 Å². The normalized spacial score (nSPS) is 16.5. The first-order valence-corrected chi connectivity index (χ1v) is 19.7. The van der Waals surface area contributed by atoms with E-state index in [9.17, 15) is 22.8 Å². The van der Waals surface area contributed by atoms with Crippen molar-refractivity contribution in [1.29, 1.82) is 0 Å². The van der Waals surface area contributed by atoms with Crippen molar-refractivity contribution < 1.29 is 41.7 Å². The van der Waals surface area contributed by atoms with Gasteiger partial charge in [-0.2, -0.15) is 0 Å². The number of alkyl carbamates (subject to hydrolysis) is 1. The lowest BCUT2D eigenvalue weighted by Crippen LogP contribution is -2.39. The molecule has 0 bridgehead atoms. The van der Waals surface area contributed by atoms with Crippen LogP contribution in [0.25, 0.3) is 10.9 Å². The Balaban J connectivity index is 1.28. The van der Waals surface area contributed by atoms with Crippen molar-refractivity contribution in [1.82, 2.24) is 19.5 Å². The Bertz CT molecular complexity index is 2040. The summed E-state index contributed by atoms with van der Waals surface area (Å²) in [6.45, 7) is 11.0. The number of benzene rings is 3. The Morgan fingerprint density at radius 1 is 1.00 bits per heavy atom. The van der Waals surface area contributed by atoms with Gasteiger partial charge in [0.25, 0.3) is 5.91 Å². The van der Waals surface area contributed by atoms with Gasteiger partial charge in [0.1, 0.15) is 18.0 Å². The molecular formula is C40H50N4O9S. The summed E-state index contributed by atoms with van der Waals surface area (Å²) in [5.74, 6) is -0.577. The van der Waals surface area contributed by atoms with Gasteiger partial charge in [-0.05, 0) is 88.4 Å². The lowest BCUT2D eigenvalue weighted by atomic mass is 9.91. The summed E-state index contributed by atoms with van der Waals surface area (Å²) in [7, 11) is -2.42. The molecule has 1 aliphatic rings. The third kappa shape index (κ3) is 10.4. The van der Waals surface area contributed by atoms with Crippen molar-refractivity contribution in [3.8, 4) is 5.75 Å². The number of aromatic nitrogens is 1. The molecule has 14 heteroatoms. The molecular weight excluding hydrogens is 713 g/mol. The lowest BCUT2D eigenvalue weighted by Gasteiger charge is -2.40. The molecule has 4 aromatic rings. The Morgan fingerprint density at radius 2 is 1.72 bits per heavy atom. The highest BCUT2D eigenvalue weighted by molar-refractivity contribution is 7.90. The lowest BCUT2D eigenvalue weighted by molar-refractivity contribution is -0.0138. The third-order valence-electron chi connectivity index (χ3n) is 9.13. The molecule has 2 N–H and O–H groups in total. The van der Waals surface area contributed by atoms with Crippen LogP contribution in [0.15, 0.2) is 72.9 Å². The number of amides is 2. The van der Waals surface area contributed by atoms with Crippen LogP contribution < -0.4 is 14.8 Å². The summed E-state index contributed by atoms with van der Waals surface area (Å²) in [6, 6.07) is 19.7. The number of fused-ring (bicyclic) bond motifs is 1. The summed E-state index contributed by atoms with van der Waals surface area (Å²) in [5, 5.41) is 3.28. The second kappa shape index (κ2) is 17.5. The van der Waals surface area contributed by atoms with E-state index in [1.54, 1.807) is 42.1 Å². The number of ether oxygens (including phenoxy) is 4. The monoisotopic (exact) mass is 762 g/mol. The van der Waals surface area contributed by atoms with Crippen LogP contribution in [0.5, 0.6) is 5.75 Å². The van der Waals surface area contributed by atoms with Crippen molar-refractivity contribution in [2.24, 2.45) is 0 Å². The van der Waals surface area contributed by atoms with E-state index in [0.717, 1.165) is 46.1 Å². The van der Waals surface area contributed by atoms with E-state index in [0.29, 0.717) is 25.3 Å². The largest absolute Gasteiger partial charge is 0.496 e. The molecule has 2 heterocycles. The van der Waals surface area contributed by atoms with Crippen molar-refractivity contribution in [2.45, 2.75) is 78.4 Å². The van der Waals surface area contributed by atoms with Gasteiger partial charge in [0, 0.05) is 55.0 Å². The van der Waals surface area contributed by atoms with Crippen LogP contribution in [0.2, 0.25) is 0 Å². The van der Waals surface area contributed by atoms with Gasteiger partial charge in [-0.15, -0.1) is 0 Å². The summed E-state index contributed by atoms with van der Waals surface area (Å²) >= 11 is 0. The number of sulfonamides is 1. The number of aryl methyl sites for hydroxylation is 1. The zero-order chi connectivity index (χ0) is 39.0. The maximum atomic E-state index is 13.2. The maximum Gasteiger partial charge on any atom is 0.419 e. The molecule has 2 atom stereocenters. The molecule has 1 saturated heterocycles. The summed E-state index contributed by atoms with van der Waals surface area (Å²) < 4.78 is 51.7. The Hall–Kier alpha value is -4.92. The second-order valence-corrected chi connectivity index (χ2v) is 16.1. The van der Waals surface area contributed by atoms with Crippen LogP contribution >= 0.6 is 0 Å². The molecule has 0 radical (unpaired) electrons. The summed E-state index contributed by atoms with van der Waals surface area (Å²) in [4.78, 5) is 40.5. The van der Waals surface area contributed by atoms with E-state index >= 15 is 0 Å². The summed E-state index contributed by atoms with van der Waals surface area (Å²) in [5.41, 5.74) is 3.81. The molecule has 0 saturated carbocycles. The van der Waals surface area contributed by atoms with Crippen LogP contribution in [0.1, 0.15) is 79.2 Å². The predicted molar refractivity (Wildman–Crippen MR) is 205 cm³/mol. The van der Waals surface area contributed by atoms with Gasteiger partial charge in [0.05, 0.1) is 24.5 Å². The summed E-state index contributed by atoms with van der Waals surface area (Å²) in [6.07, 6.45) is 2.06. The van der Waals surface area contributed by atoms with Gasteiger partial charge in [-0.1, -0.05) is 42.5 Å². The number of methoxy groups -OCH3 is 1. The SMILES string of the molecule is CCO[C@H]1CCN(Cc2c(OC)cc(C)c3c2ccn3C(=O)OC(C)(C)C)[C@H](c2ccc(C(=O)NS(=O)(=O)CCNC(=O)OCc3ccccc3)cc2)C1. The van der Waals surface area contributed by atoms with E-state index in [-0.39, 0.29) is 30.9 Å². The highest BCUT2D eigenvalue weighted by Gasteiger charge is 2.32. The minimum absolute atomic E-state index is 0.0294. The molecule has 1 aromatic heterocycles. The maximum absolute atomic E-state index is 13.2. The molecule has 1 aliphatic heterocycles. The van der Waals surface area contributed by atoms with Gasteiger partial charge < -0.3 is 24.3 Å². The first kappa shape index (κ1) is 40.3. The van der Waals surface area contributed by atoms with Crippen LogP contribution in [-0.2, 0) is 37.4 Å². The number of nitrogens with one attached hydrogen (secondary N) is 2. The van der Waals surface area contributed by atoms with Crippen molar-refractivity contribution >= 4 is 39.0 Å². The second-order valence-electron chi connectivity index (χ2n) is 14.3. The number of carbonyl (C=O) groups excluding carboxylic acids is 3. The standard InChI is InChI=1S/C40H50N4O9S/c1-7-51-31-17-20-43(25-33-32-18-21-44(39(47)53-40(3,4)5)36(32)27(2)23-35(33)50-6)34(24-31)29-13-15-30(16-14-29)37(45)42-54(48,49)22-19-41-38(46)52-26-28-11-9-8-10-12-28/h8-16,18,21,23,31,34H,7,17,19-20,22,24-26H2,1-6H3,(H,41,46)(H,42,45)/t31-,34-/m0/s1. The van der Waals surface area contributed by atoms with Crippen molar-refractivity contribution in [2.75, 3.05) is 32.6 Å². The number of hydrogen-bond donors (Lipinski definition) is 2. The fourth-order valence-electron chi connectivity index (χ4n) is 6.65. The van der Waals surface area contributed by atoms with Gasteiger partial charge in [-0.3, -0.25) is 14.3 Å². The molecule has 0 aliphatic carbocycles. The quantitative estimate of drug-likeness (QED) is 0.155. The number of nitrogens with zero attached hydrogens (tertiary/aromatic N) is 2. The highest BCUT2D eigenvalue weighted by atomic mass is 32.2. The molecule has 0 spiro atoms. The first-order valence-electron chi connectivity index (χ1n) is 18.0. The topological polar surface area (TPSA) is 154 Å². The molecule has 13 nitrogen and oxygen atoms in total. The minimum Gasteiger partial charge on any atom is -0.496 e. The number of piperidine rings is 1. The first-order chi connectivity index (χ1) is 25.7. The van der Waals surface area contributed by atoms with Gasteiger partial charge in [0.15, 0.2) is 0 Å². The fourth-order valence-corrected chi connectivity index (χ4v) is 7.52. The van der Waals surface area contributed by atoms with Crippen LogP contribution in [-0.4, -0.2) is 80.2 Å². The van der Waals surface area contributed by atoms with E-state index in [1.807, 2.05) is 77.1 Å².